The molecule has 8 heteroatoms. The van der Waals surface area contributed by atoms with Crippen molar-refractivity contribution in [3.8, 4) is 28.4 Å². The SMILES string of the molecule is COc1cc(C=CC(=O)Nc2cnc3cc(C)c(C)cc3c2-c2ccccc2Cl)cc(OC)c1OC(C)=O. The van der Waals surface area contributed by atoms with Crippen molar-refractivity contribution < 1.29 is 23.8 Å². The van der Waals surface area contributed by atoms with Crippen LogP contribution in [0.1, 0.15) is 23.6 Å². The van der Waals surface area contributed by atoms with E-state index in [0.29, 0.717) is 27.8 Å². The molecule has 0 spiro atoms. The van der Waals surface area contributed by atoms with Gasteiger partial charge in [0.1, 0.15) is 0 Å². The maximum Gasteiger partial charge on any atom is 0.308 e. The standard InChI is InChI=1S/C30H27ClN2O5/c1-17-12-22-24(13-18(17)2)32-16-25(29(22)21-8-6-7-9-23(21)31)33-28(35)11-10-20-14-26(36-4)30(38-19(3)34)27(15-20)37-5/h6-16H,1-5H3,(H,33,35). The topological polar surface area (TPSA) is 86.8 Å². The van der Waals surface area contributed by atoms with Crippen molar-refractivity contribution in [1.29, 1.82) is 0 Å². The number of anilines is 1. The number of pyridine rings is 1. The lowest BCUT2D eigenvalue weighted by molar-refractivity contribution is -0.132. The Morgan fingerprint density at radius 1 is 0.974 bits per heavy atom. The minimum Gasteiger partial charge on any atom is -0.493 e. The molecule has 4 aromatic rings. The Kier molecular flexibility index (Phi) is 7.98. The van der Waals surface area contributed by atoms with E-state index in [9.17, 15) is 9.59 Å². The minimum absolute atomic E-state index is 0.168. The molecule has 3 aromatic carbocycles. The van der Waals surface area contributed by atoms with E-state index in [0.717, 1.165) is 33.2 Å². The van der Waals surface area contributed by atoms with Crippen molar-refractivity contribution in [2.45, 2.75) is 20.8 Å². The highest BCUT2D eigenvalue weighted by atomic mass is 35.5. The Hall–Kier alpha value is -4.36. The van der Waals surface area contributed by atoms with E-state index in [1.807, 2.05) is 44.2 Å². The number of carbonyl (C=O) groups is 2. The number of aromatic nitrogens is 1. The van der Waals surface area contributed by atoms with Crippen LogP contribution in [-0.2, 0) is 9.59 Å². The molecule has 1 amide bonds. The van der Waals surface area contributed by atoms with E-state index >= 15 is 0 Å². The number of carbonyl (C=O) groups excluding carboxylic acids is 2. The second-order valence-corrected chi connectivity index (χ2v) is 9.06. The zero-order valence-electron chi connectivity index (χ0n) is 21.7. The molecule has 1 N–H and O–H groups in total. The van der Waals surface area contributed by atoms with Crippen molar-refractivity contribution in [2.75, 3.05) is 19.5 Å². The number of amides is 1. The van der Waals surface area contributed by atoms with Crippen LogP contribution in [0.5, 0.6) is 17.2 Å². The summed E-state index contributed by atoms with van der Waals surface area (Å²) in [5.74, 6) is -0.116. The number of methoxy groups -OCH3 is 2. The van der Waals surface area contributed by atoms with Crippen LogP contribution in [0.15, 0.2) is 60.8 Å². The summed E-state index contributed by atoms with van der Waals surface area (Å²) < 4.78 is 15.9. The van der Waals surface area contributed by atoms with Gasteiger partial charge in [-0.2, -0.15) is 0 Å². The predicted octanol–water partition coefficient (Wildman–Crippen LogP) is 6.77. The van der Waals surface area contributed by atoms with Gasteiger partial charge in [-0.15, -0.1) is 0 Å². The summed E-state index contributed by atoms with van der Waals surface area (Å²) in [6, 6.07) is 14.9. The number of esters is 1. The van der Waals surface area contributed by atoms with E-state index in [2.05, 4.69) is 16.4 Å². The summed E-state index contributed by atoms with van der Waals surface area (Å²) in [4.78, 5) is 29.1. The Morgan fingerprint density at radius 2 is 1.63 bits per heavy atom. The summed E-state index contributed by atoms with van der Waals surface area (Å²) in [5.41, 5.74) is 5.77. The van der Waals surface area contributed by atoms with Gasteiger partial charge in [-0.1, -0.05) is 29.8 Å². The average Bonchev–Trinajstić information content (AvgIpc) is 2.89. The Balaban J connectivity index is 1.72. The molecule has 4 rings (SSSR count). The largest absolute Gasteiger partial charge is 0.493 e. The second-order valence-electron chi connectivity index (χ2n) is 8.65. The maximum absolute atomic E-state index is 13.0. The number of nitrogens with one attached hydrogen (secondary N) is 1. The van der Waals surface area contributed by atoms with Crippen LogP contribution < -0.4 is 19.5 Å². The third-order valence-electron chi connectivity index (χ3n) is 6.04. The number of hydrogen-bond donors (Lipinski definition) is 1. The smallest absolute Gasteiger partial charge is 0.308 e. The number of ether oxygens (including phenoxy) is 3. The fourth-order valence-electron chi connectivity index (χ4n) is 4.09. The summed E-state index contributed by atoms with van der Waals surface area (Å²) in [6.45, 7) is 5.36. The molecule has 0 radical (unpaired) electrons. The Bertz CT molecular complexity index is 1550. The molecule has 0 saturated heterocycles. The van der Waals surface area contributed by atoms with Gasteiger partial charge < -0.3 is 19.5 Å². The van der Waals surface area contributed by atoms with E-state index in [1.54, 1.807) is 24.4 Å². The Labute approximate surface area is 226 Å². The molecular formula is C30H27ClN2O5. The number of fused-ring (bicyclic) bond motifs is 1. The highest BCUT2D eigenvalue weighted by Crippen LogP contribution is 2.40. The summed E-state index contributed by atoms with van der Waals surface area (Å²) in [5, 5.41) is 4.40. The van der Waals surface area contributed by atoms with Gasteiger partial charge in [0.2, 0.25) is 11.7 Å². The molecule has 38 heavy (non-hydrogen) atoms. The number of halogens is 1. The number of nitrogens with zero attached hydrogens (tertiary/aromatic N) is 1. The monoisotopic (exact) mass is 530 g/mol. The summed E-state index contributed by atoms with van der Waals surface area (Å²) in [7, 11) is 2.91. The normalized spacial score (nSPS) is 11.0. The molecule has 0 aliphatic heterocycles. The number of hydrogen-bond acceptors (Lipinski definition) is 6. The predicted molar refractivity (Wildman–Crippen MR) is 150 cm³/mol. The van der Waals surface area contributed by atoms with Gasteiger partial charge >= 0.3 is 5.97 Å². The molecule has 0 aliphatic carbocycles. The summed E-state index contributed by atoms with van der Waals surface area (Å²) in [6.07, 6.45) is 4.64. The molecule has 7 nitrogen and oxygen atoms in total. The highest BCUT2D eigenvalue weighted by Gasteiger charge is 2.17. The Morgan fingerprint density at radius 3 is 2.26 bits per heavy atom. The molecule has 0 unspecified atom stereocenters. The van der Waals surface area contributed by atoms with Crippen LogP contribution in [0.3, 0.4) is 0 Å². The van der Waals surface area contributed by atoms with Crippen molar-refractivity contribution in [2.24, 2.45) is 0 Å². The molecule has 1 aromatic heterocycles. The highest BCUT2D eigenvalue weighted by molar-refractivity contribution is 6.34. The second kappa shape index (κ2) is 11.4. The van der Waals surface area contributed by atoms with E-state index < -0.39 is 5.97 Å². The maximum atomic E-state index is 13.0. The lowest BCUT2D eigenvalue weighted by Gasteiger charge is -2.16. The van der Waals surface area contributed by atoms with Crippen LogP contribution in [0.4, 0.5) is 5.69 Å². The third-order valence-corrected chi connectivity index (χ3v) is 6.37. The van der Waals surface area contributed by atoms with Crippen LogP contribution in [0.2, 0.25) is 5.02 Å². The van der Waals surface area contributed by atoms with E-state index in [-0.39, 0.29) is 11.7 Å². The van der Waals surface area contributed by atoms with Gasteiger partial charge in [-0.05, 0) is 66.9 Å². The van der Waals surface area contributed by atoms with Crippen molar-refractivity contribution in [3.05, 3.63) is 82.5 Å². The van der Waals surface area contributed by atoms with Crippen molar-refractivity contribution in [3.63, 3.8) is 0 Å². The van der Waals surface area contributed by atoms with Crippen molar-refractivity contribution >= 4 is 46.1 Å². The van der Waals surface area contributed by atoms with E-state index in [1.165, 1.54) is 27.2 Å². The molecule has 0 fully saturated rings. The molecule has 194 valence electrons. The lowest BCUT2D eigenvalue weighted by Crippen LogP contribution is -2.10. The first kappa shape index (κ1) is 26.7. The molecule has 0 bridgehead atoms. The van der Waals surface area contributed by atoms with Crippen LogP contribution in [0, 0.1) is 13.8 Å². The van der Waals surface area contributed by atoms with E-state index in [4.69, 9.17) is 25.8 Å². The van der Waals surface area contributed by atoms with Gasteiger partial charge in [0, 0.05) is 34.5 Å². The number of rotatable bonds is 7. The molecule has 0 atom stereocenters. The van der Waals surface area contributed by atoms with Gasteiger partial charge in [-0.3, -0.25) is 14.6 Å². The fourth-order valence-corrected chi connectivity index (χ4v) is 4.32. The molecular weight excluding hydrogens is 504 g/mol. The van der Waals surface area contributed by atoms with Crippen LogP contribution in [0.25, 0.3) is 28.1 Å². The first-order valence-corrected chi connectivity index (χ1v) is 12.2. The summed E-state index contributed by atoms with van der Waals surface area (Å²) >= 11 is 6.58. The van der Waals surface area contributed by atoms with Crippen LogP contribution >= 0.6 is 11.6 Å². The fraction of sp³-hybridized carbons (Fsp3) is 0.167. The zero-order valence-corrected chi connectivity index (χ0v) is 22.5. The minimum atomic E-state index is -0.507. The van der Waals surface area contributed by atoms with Gasteiger partial charge in [0.25, 0.3) is 0 Å². The quantitative estimate of drug-likeness (QED) is 0.161. The lowest BCUT2D eigenvalue weighted by atomic mass is 9.96. The van der Waals surface area contributed by atoms with Crippen molar-refractivity contribution in [1.82, 2.24) is 4.98 Å². The molecule has 1 heterocycles. The van der Waals surface area contributed by atoms with Gasteiger partial charge in [-0.25, -0.2) is 0 Å². The molecule has 0 saturated carbocycles. The zero-order chi connectivity index (χ0) is 27.4. The average molecular weight is 531 g/mol. The first-order valence-electron chi connectivity index (χ1n) is 11.8. The number of benzene rings is 3. The number of aryl methyl sites for hydroxylation is 2. The first-order chi connectivity index (χ1) is 18.2. The molecule has 0 aliphatic rings. The van der Waals surface area contributed by atoms with Crippen LogP contribution in [-0.4, -0.2) is 31.1 Å². The van der Waals surface area contributed by atoms with Gasteiger partial charge in [0.15, 0.2) is 11.5 Å². The third kappa shape index (κ3) is 5.63. The van der Waals surface area contributed by atoms with Gasteiger partial charge in [0.05, 0.1) is 31.6 Å².